The zero-order valence-electron chi connectivity index (χ0n) is 11.0. The number of aromatic hydroxyl groups is 1. The topological polar surface area (TPSA) is 95.9 Å². The van der Waals surface area contributed by atoms with Gasteiger partial charge < -0.3 is 15.2 Å². The summed E-state index contributed by atoms with van der Waals surface area (Å²) in [6, 6.07) is 4.12. The van der Waals surface area contributed by atoms with E-state index < -0.39 is 20.8 Å². The van der Waals surface area contributed by atoms with Crippen LogP contribution in [0.15, 0.2) is 23.1 Å². The maximum Gasteiger partial charge on any atom is 0.298 e. The normalized spacial score (nSPS) is 19.4. The summed E-state index contributed by atoms with van der Waals surface area (Å²) in [6.45, 7) is 6.53. The first kappa shape index (κ1) is 15.9. The van der Waals surface area contributed by atoms with Crippen molar-refractivity contribution in [3.63, 3.8) is 0 Å². The van der Waals surface area contributed by atoms with Crippen LogP contribution < -0.4 is 5.32 Å². The predicted molar refractivity (Wildman–Crippen MR) is 70.9 cm³/mol. The van der Waals surface area contributed by atoms with Crippen LogP contribution in [0.2, 0.25) is 0 Å². The minimum Gasteiger partial charge on any atom is -0.506 e. The zero-order valence-corrected chi connectivity index (χ0v) is 11.8. The van der Waals surface area contributed by atoms with Crippen LogP contribution >= 0.6 is 0 Å². The van der Waals surface area contributed by atoms with Gasteiger partial charge in [0.15, 0.2) is 0 Å². The highest BCUT2D eigenvalue weighted by molar-refractivity contribution is 7.86. The molecule has 0 aromatic heterocycles. The van der Waals surface area contributed by atoms with E-state index in [0.717, 1.165) is 25.8 Å². The monoisotopic (exact) mass is 289 g/mol. The standard InChI is InChI=1S/C7H8O4S.C5H11NO/c1-5-3-2-4-6(7(5)8)12(9,10)11;1-5-4-6-2-3-7-5/h2-4,8H,1H3,(H,9,10,11);5-6H,2-4H2,1H3. The average molecular weight is 289 g/mol. The Morgan fingerprint density at radius 3 is 2.47 bits per heavy atom. The van der Waals surface area contributed by atoms with Gasteiger partial charge in [0.05, 0.1) is 12.7 Å². The quantitative estimate of drug-likeness (QED) is 0.666. The number of hydrogen-bond donors (Lipinski definition) is 3. The van der Waals surface area contributed by atoms with Crippen molar-refractivity contribution in [3.05, 3.63) is 23.8 Å². The summed E-state index contributed by atoms with van der Waals surface area (Å²) in [7, 11) is -4.31. The summed E-state index contributed by atoms with van der Waals surface area (Å²) in [5.74, 6) is -0.403. The first-order chi connectivity index (χ1) is 8.82. The Balaban J connectivity index is 0.000000218. The molecule has 3 N–H and O–H groups in total. The predicted octanol–water partition coefficient (Wildman–Crippen LogP) is 0.942. The van der Waals surface area contributed by atoms with Crippen LogP contribution in [0.3, 0.4) is 0 Å². The van der Waals surface area contributed by atoms with Crippen LogP contribution in [0.4, 0.5) is 0 Å². The van der Waals surface area contributed by atoms with E-state index in [2.05, 4.69) is 12.2 Å². The summed E-state index contributed by atoms with van der Waals surface area (Å²) in [6.07, 6.45) is 0.425. The fourth-order valence-electron chi connectivity index (χ4n) is 1.54. The van der Waals surface area contributed by atoms with Gasteiger partial charge in [-0.2, -0.15) is 8.42 Å². The number of morpholine rings is 1. The molecule has 1 unspecified atom stereocenters. The minimum absolute atomic E-state index is 0.403. The first-order valence-corrected chi connectivity index (χ1v) is 7.34. The first-order valence-electron chi connectivity index (χ1n) is 5.90. The molecule has 1 aromatic rings. The highest BCUT2D eigenvalue weighted by atomic mass is 32.2. The Kier molecular flexibility index (Phi) is 5.74. The molecule has 1 fully saturated rings. The van der Waals surface area contributed by atoms with Crippen molar-refractivity contribution < 1.29 is 22.8 Å². The molecule has 19 heavy (non-hydrogen) atoms. The molecule has 1 aliphatic heterocycles. The van der Waals surface area contributed by atoms with Crippen LogP contribution in [0.25, 0.3) is 0 Å². The van der Waals surface area contributed by atoms with E-state index in [1.165, 1.54) is 6.07 Å². The molecule has 2 rings (SSSR count). The van der Waals surface area contributed by atoms with Crippen molar-refractivity contribution in [1.82, 2.24) is 5.32 Å². The lowest BCUT2D eigenvalue weighted by atomic mass is 10.2. The van der Waals surface area contributed by atoms with E-state index in [-0.39, 0.29) is 0 Å². The summed E-state index contributed by atoms with van der Waals surface area (Å²) >= 11 is 0. The molecule has 1 heterocycles. The van der Waals surface area contributed by atoms with Gasteiger partial charge in [0.1, 0.15) is 10.6 Å². The Bertz CT molecular complexity index is 509. The molecule has 0 spiro atoms. The van der Waals surface area contributed by atoms with Gasteiger partial charge in [0.2, 0.25) is 0 Å². The molecule has 0 amide bonds. The summed E-state index contributed by atoms with van der Waals surface area (Å²) < 4.78 is 35.0. The third-order valence-electron chi connectivity index (χ3n) is 2.59. The largest absolute Gasteiger partial charge is 0.506 e. The van der Waals surface area contributed by atoms with Gasteiger partial charge >= 0.3 is 0 Å². The third kappa shape index (κ3) is 5.15. The average Bonchev–Trinajstić information content (AvgIpc) is 2.33. The lowest BCUT2D eigenvalue weighted by Gasteiger charge is -2.18. The van der Waals surface area contributed by atoms with Crippen LogP contribution in [0.1, 0.15) is 12.5 Å². The van der Waals surface area contributed by atoms with E-state index in [9.17, 15) is 13.5 Å². The number of ether oxygens (including phenoxy) is 1. The molecule has 6 nitrogen and oxygen atoms in total. The van der Waals surface area contributed by atoms with Crippen molar-refractivity contribution in [1.29, 1.82) is 0 Å². The lowest BCUT2D eigenvalue weighted by molar-refractivity contribution is 0.0410. The molecule has 7 heteroatoms. The Labute approximate surface area is 113 Å². The number of hydrogen-bond acceptors (Lipinski definition) is 5. The van der Waals surface area contributed by atoms with E-state index >= 15 is 0 Å². The van der Waals surface area contributed by atoms with Gasteiger partial charge in [0, 0.05) is 13.1 Å². The summed E-state index contributed by atoms with van der Waals surface area (Å²) in [4.78, 5) is -0.456. The molecular formula is C12H19NO5S. The van der Waals surface area contributed by atoms with Gasteiger partial charge in [-0.05, 0) is 25.5 Å². The van der Waals surface area contributed by atoms with Gasteiger partial charge in [-0.25, -0.2) is 0 Å². The molecule has 108 valence electrons. The number of aryl methyl sites for hydroxylation is 1. The number of rotatable bonds is 1. The second kappa shape index (κ2) is 6.85. The van der Waals surface area contributed by atoms with Crippen LogP contribution in [0, 0.1) is 6.92 Å². The zero-order chi connectivity index (χ0) is 14.5. The molecule has 1 saturated heterocycles. The molecule has 1 atom stereocenters. The van der Waals surface area contributed by atoms with E-state index in [1.54, 1.807) is 13.0 Å². The SMILES string of the molecule is CC1CNCCO1.Cc1cccc(S(=O)(=O)O)c1O. The van der Waals surface area contributed by atoms with E-state index in [1.807, 2.05) is 0 Å². The van der Waals surface area contributed by atoms with Crippen molar-refractivity contribution in [2.45, 2.75) is 24.8 Å². The van der Waals surface area contributed by atoms with Gasteiger partial charge in [0.25, 0.3) is 10.1 Å². The van der Waals surface area contributed by atoms with Gasteiger partial charge in [-0.1, -0.05) is 12.1 Å². The maximum absolute atomic E-state index is 10.6. The molecule has 0 radical (unpaired) electrons. The van der Waals surface area contributed by atoms with Crippen molar-refractivity contribution in [2.75, 3.05) is 19.7 Å². The third-order valence-corrected chi connectivity index (χ3v) is 3.48. The number of phenols is 1. The Morgan fingerprint density at radius 2 is 2.11 bits per heavy atom. The van der Waals surface area contributed by atoms with E-state index in [0.29, 0.717) is 11.7 Å². The lowest BCUT2D eigenvalue weighted by Crippen LogP contribution is -2.36. The van der Waals surface area contributed by atoms with Crippen LogP contribution in [-0.2, 0) is 14.9 Å². The van der Waals surface area contributed by atoms with Crippen molar-refractivity contribution >= 4 is 10.1 Å². The highest BCUT2D eigenvalue weighted by Gasteiger charge is 2.15. The fraction of sp³-hybridized carbons (Fsp3) is 0.500. The van der Waals surface area contributed by atoms with Crippen LogP contribution in [0.5, 0.6) is 5.75 Å². The molecular weight excluding hydrogens is 270 g/mol. The summed E-state index contributed by atoms with van der Waals surface area (Å²) in [5.41, 5.74) is 0.408. The van der Waals surface area contributed by atoms with Crippen molar-refractivity contribution in [2.24, 2.45) is 0 Å². The molecule has 0 bridgehead atoms. The van der Waals surface area contributed by atoms with E-state index in [4.69, 9.17) is 9.29 Å². The Hall–Kier alpha value is -1.15. The Morgan fingerprint density at radius 1 is 1.42 bits per heavy atom. The maximum atomic E-state index is 10.6. The smallest absolute Gasteiger partial charge is 0.298 e. The second-order valence-corrected chi connectivity index (χ2v) is 5.67. The minimum atomic E-state index is -4.31. The number of phenolic OH excluding ortho intramolecular Hbond substituents is 1. The molecule has 0 saturated carbocycles. The number of benzene rings is 1. The fourth-order valence-corrected chi connectivity index (χ4v) is 2.19. The van der Waals surface area contributed by atoms with Gasteiger partial charge in [-0.3, -0.25) is 4.55 Å². The number of para-hydroxylation sites is 1. The van der Waals surface area contributed by atoms with Gasteiger partial charge in [-0.15, -0.1) is 0 Å². The highest BCUT2D eigenvalue weighted by Crippen LogP contribution is 2.25. The molecule has 1 aliphatic rings. The van der Waals surface area contributed by atoms with Crippen LogP contribution in [-0.4, -0.2) is 43.9 Å². The molecule has 0 aliphatic carbocycles. The molecule has 1 aromatic carbocycles. The second-order valence-electron chi connectivity index (χ2n) is 4.28. The number of nitrogens with one attached hydrogen (secondary N) is 1. The summed E-state index contributed by atoms with van der Waals surface area (Å²) in [5, 5.41) is 12.4. The van der Waals surface area contributed by atoms with Crippen molar-refractivity contribution in [3.8, 4) is 5.75 Å².